The summed E-state index contributed by atoms with van der Waals surface area (Å²) in [7, 11) is -4.55. The van der Waals surface area contributed by atoms with Gasteiger partial charge >= 0.3 is 7.60 Å². The molecular weight excluding hydrogens is 471 g/mol. The number of carbonyl (C=O) groups excluding carboxylic acids is 1. The molecule has 0 aliphatic carbocycles. The lowest BCUT2D eigenvalue weighted by Gasteiger charge is -2.27. The predicted molar refractivity (Wildman–Crippen MR) is 119 cm³/mol. The lowest BCUT2D eigenvalue weighted by Crippen LogP contribution is -2.32. The van der Waals surface area contributed by atoms with Crippen LogP contribution in [0.2, 0.25) is 10.0 Å². The maximum Gasteiger partial charge on any atom is 0.333 e. The number of hydrogen-bond acceptors (Lipinski definition) is 5. The summed E-state index contributed by atoms with van der Waals surface area (Å²) in [6.07, 6.45) is -0.643. The largest absolute Gasteiger partial charge is 0.344 e. The van der Waals surface area contributed by atoms with E-state index >= 15 is 0 Å². The first-order valence-corrected chi connectivity index (χ1v) is 11.1. The average molecular weight is 498 g/mol. The number of halogens is 3. The quantitative estimate of drug-likeness (QED) is 0.272. The Bertz CT molecular complexity index is 914. The van der Waals surface area contributed by atoms with E-state index in [1.165, 1.54) is 49.4 Å². The fourth-order valence-electron chi connectivity index (χ4n) is 2.76. The molecule has 0 spiro atoms. The summed E-state index contributed by atoms with van der Waals surface area (Å²) in [5.41, 5.74) is -0.236. The van der Waals surface area contributed by atoms with E-state index in [1.807, 2.05) is 0 Å². The van der Waals surface area contributed by atoms with Crippen LogP contribution in [0.15, 0.2) is 42.5 Å². The van der Waals surface area contributed by atoms with E-state index in [0.29, 0.717) is 11.1 Å². The molecule has 0 bridgehead atoms. The number of benzene rings is 2. The first kappa shape index (κ1) is 29.5. The van der Waals surface area contributed by atoms with Crippen molar-refractivity contribution in [2.45, 2.75) is 32.0 Å². The van der Waals surface area contributed by atoms with Crippen molar-refractivity contribution in [3.05, 3.63) is 69.5 Å². The second-order valence-corrected chi connectivity index (χ2v) is 9.10. The van der Waals surface area contributed by atoms with Crippen molar-refractivity contribution >= 4 is 36.7 Å². The molecule has 2 aromatic carbocycles. The summed E-state index contributed by atoms with van der Waals surface area (Å²) >= 11 is 11.8. The third kappa shape index (κ3) is 8.48. The van der Waals surface area contributed by atoms with Crippen LogP contribution in [0.3, 0.4) is 0 Å². The van der Waals surface area contributed by atoms with Crippen molar-refractivity contribution in [3.63, 3.8) is 0 Å². The van der Waals surface area contributed by atoms with Crippen LogP contribution >= 0.6 is 30.8 Å². The standard InChI is InChI=1S/C19H21Cl2FNO5P.2H3N/c1-12(14-3-6-16(22)7-4-14)28-23(13(2)24)10-9-19(29(25,26)27)15-5-8-17(20)18(21)11-15;;/h3-8,11-12,19H,9-10H2,1-2H3,(H2,25,26,27);2*1H3. The Balaban J connectivity index is 0.00000450. The Kier molecular flexibility index (Phi) is 11.9. The number of hydrogen-bond donors (Lipinski definition) is 4. The number of hydroxylamine groups is 2. The Morgan fingerprint density at radius 3 is 2.13 bits per heavy atom. The van der Waals surface area contributed by atoms with E-state index in [9.17, 15) is 23.5 Å². The molecule has 0 saturated carbocycles. The second-order valence-electron chi connectivity index (χ2n) is 6.49. The second kappa shape index (κ2) is 12.5. The van der Waals surface area contributed by atoms with Gasteiger partial charge in [-0.05, 0) is 48.7 Å². The van der Waals surface area contributed by atoms with Gasteiger partial charge in [-0.15, -0.1) is 0 Å². The molecule has 2 rings (SSSR count). The van der Waals surface area contributed by atoms with E-state index < -0.39 is 31.1 Å². The highest BCUT2D eigenvalue weighted by molar-refractivity contribution is 7.52. The van der Waals surface area contributed by atoms with Crippen molar-refractivity contribution in [1.29, 1.82) is 0 Å². The van der Waals surface area contributed by atoms with Crippen LogP contribution in [0.25, 0.3) is 0 Å². The average Bonchev–Trinajstić information content (AvgIpc) is 2.63. The highest BCUT2D eigenvalue weighted by Gasteiger charge is 2.32. The molecule has 2 aromatic rings. The lowest BCUT2D eigenvalue weighted by atomic mass is 10.1. The molecule has 1 amide bonds. The van der Waals surface area contributed by atoms with Gasteiger partial charge in [0.25, 0.3) is 0 Å². The Hall–Kier alpha value is -1.55. The van der Waals surface area contributed by atoms with Gasteiger partial charge < -0.3 is 22.1 Å². The first-order valence-electron chi connectivity index (χ1n) is 8.69. The fourth-order valence-corrected chi connectivity index (χ4v) is 4.07. The molecule has 0 heterocycles. The Morgan fingerprint density at radius 1 is 1.10 bits per heavy atom. The maximum atomic E-state index is 13.1. The van der Waals surface area contributed by atoms with Gasteiger partial charge in [0.2, 0.25) is 5.91 Å². The van der Waals surface area contributed by atoms with Crippen LogP contribution in [-0.2, 0) is 14.2 Å². The van der Waals surface area contributed by atoms with Crippen molar-refractivity contribution < 1.29 is 28.4 Å². The summed E-state index contributed by atoms with van der Waals surface area (Å²) in [5, 5.41) is 1.47. The van der Waals surface area contributed by atoms with Gasteiger partial charge in [-0.25, -0.2) is 9.45 Å². The monoisotopic (exact) mass is 497 g/mol. The summed E-state index contributed by atoms with van der Waals surface area (Å²) in [5.74, 6) is -0.826. The molecule has 0 aliphatic heterocycles. The van der Waals surface area contributed by atoms with Crippen LogP contribution in [0, 0.1) is 5.82 Å². The number of rotatable bonds is 8. The Labute approximate surface area is 190 Å². The number of carbonyl (C=O) groups is 1. The number of nitrogens with zero attached hydrogens (tertiary/aromatic N) is 1. The van der Waals surface area contributed by atoms with Gasteiger partial charge in [0.05, 0.1) is 15.7 Å². The molecule has 8 nitrogen and oxygen atoms in total. The highest BCUT2D eigenvalue weighted by atomic mass is 35.5. The minimum Gasteiger partial charge on any atom is -0.344 e. The van der Waals surface area contributed by atoms with Crippen molar-refractivity contribution in [2.75, 3.05) is 6.54 Å². The van der Waals surface area contributed by atoms with Gasteiger partial charge in [0.1, 0.15) is 11.9 Å². The first-order chi connectivity index (χ1) is 13.5. The van der Waals surface area contributed by atoms with Gasteiger partial charge in [-0.1, -0.05) is 41.4 Å². The molecule has 12 heteroatoms. The van der Waals surface area contributed by atoms with E-state index in [2.05, 4.69) is 0 Å². The minimum atomic E-state index is -4.55. The molecule has 0 aliphatic rings. The molecule has 0 radical (unpaired) electrons. The Morgan fingerprint density at radius 2 is 1.65 bits per heavy atom. The topological polar surface area (TPSA) is 157 Å². The maximum absolute atomic E-state index is 13.1. The normalized spacial score (nSPS) is 12.9. The fraction of sp³-hybridized carbons (Fsp3) is 0.316. The third-order valence-corrected chi connectivity index (χ3v) is 6.42. The molecule has 2 atom stereocenters. The summed E-state index contributed by atoms with van der Waals surface area (Å²) in [6, 6.07) is 9.96. The summed E-state index contributed by atoms with van der Waals surface area (Å²) < 4.78 is 25.1. The van der Waals surface area contributed by atoms with Gasteiger partial charge in [0.15, 0.2) is 0 Å². The van der Waals surface area contributed by atoms with Gasteiger partial charge in [-0.3, -0.25) is 14.2 Å². The van der Waals surface area contributed by atoms with Crippen molar-refractivity contribution in [1.82, 2.24) is 17.4 Å². The van der Waals surface area contributed by atoms with Gasteiger partial charge in [0, 0.05) is 13.5 Å². The van der Waals surface area contributed by atoms with Crippen LogP contribution in [0.5, 0.6) is 0 Å². The molecule has 8 N–H and O–H groups in total. The highest BCUT2D eigenvalue weighted by Crippen LogP contribution is 2.54. The molecular formula is C19H27Cl2FN3O5P. The molecule has 0 aromatic heterocycles. The van der Waals surface area contributed by atoms with Crippen LogP contribution in [-0.4, -0.2) is 27.3 Å². The van der Waals surface area contributed by atoms with Crippen LogP contribution in [0.4, 0.5) is 4.39 Å². The zero-order valence-electron chi connectivity index (χ0n) is 17.2. The third-order valence-electron chi connectivity index (χ3n) is 4.32. The van der Waals surface area contributed by atoms with E-state index in [-0.39, 0.29) is 35.3 Å². The van der Waals surface area contributed by atoms with Crippen LogP contribution in [0.1, 0.15) is 43.2 Å². The minimum absolute atomic E-state index is 0. The van der Waals surface area contributed by atoms with Crippen LogP contribution < -0.4 is 12.3 Å². The zero-order chi connectivity index (χ0) is 21.8. The summed E-state index contributed by atoms with van der Waals surface area (Å²) in [6.45, 7) is 2.89. The van der Waals surface area contributed by atoms with E-state index in [4.69, 9.17) is 28.0 Å². The van der Waals surface area contributed by atoms with Gasteiger partial charge in [-0.2, -0.15) is 0 Å². The van der Waals surface area contributed by atoms with E-state index in [0.717, 1.165) is 5.06 Å². The smallest absolute Gasteiger partial charge is 0.333 e. The lowest BCUT2D eigenvalue weighted by molar-refractivity contribution is -0.203. The zero-order valence-corrected chi connectivity index (χ0v) is 19.6. The van der Waals surface area contributed by atoms with Crippen molar-refractivity contribution in [2.24, 2.45) is 0 Å². The molecule has 0 saturated heterocycles. The molecule has 0 fully saturated rings. The van der Waals surface area contributed by atoms with E-state index in [1.54, 1.807) is 6.92 Å². The van der Waals surface area contributed by atoms with Crippen molar-refractivity contribution in [3.8, 4) is 0 Å². The molecule has 174 valence electrons. The molecule has 31 heavy (non-hydrogen) atoms. The number of amides is 1. The predicted octanol–water partition coefficient (Wildman–Crippen LogP) is 5.61. The SMILES string of the molecule is CC(=O)N(CCC(c1ccc(Cl)c(Cl)c1)P(=O)(O)O)OC(C)c1ccc(F)cc1.N.N. The molecule has 2 unspecified atom stereocenters. The summed E-state index contributed by atoms with van der Waals surface area (Å²) in [4.78, 5) is 37.2.